The molecule has 1 aromatic rings. The molecule has 0 amide bonds. The van der Waals surface area contributed by atoms with Crippen molar-refractivity contribution in [2.75, 3.05) is 26.7 Å². The molecule has 1 aliphatic rings. The Bertz CT molecular complexity index is 390. The Labute approximate surface area is 117 Å². The molecule has 1 saturated heterocycles. The molecule has 19 heavy (non-hydrogen) atoms. The van der Waals surface area contributed by atoms with Crippen LogP contribution < -0.4 is 5.73 Å². The first kappa shape index (κ1) is 14.5. The molecule has 0 saturated carbocycles. The second kappa shape index (κ2) is 6.04. The fraction of sp³-hybridized carbons (Fsp3) is 0.625. The normalized spacial score (nSPS) is 24.5. The molecule has 3 nitrogen and oxygen atoms in total. The van der Waals surface area contributed by atoms with E-state index in [0.29, 0.717) is 6.04 Å². The van der Waals surface area contributed by atoms with Crippen LogP contribution >= 0.6 is 0 Å². The van der Waals surface area contributed by atoms with Gasteiger partial charge in [-0.2, -0.15) is 0 Å². The van der Waals surface area contributed by atoms with E-state index in [9.17, 15) is 0 Å². The maximum absolute atomic E-state index is 6.12. The Kier molecular flexibility index (Phi) is 4.61. The van der Waals surface area contributed by atoms with E-state index in [-0.39, 0.29) is 5.54 Å². The third kappa shape index (κ3) is 3.16. The van der Waals surface area contributed by atoms with E-state index in [1.807, 2.05) is 0 Å². The van der Waals surface area contributed by atoms with Gasteiger partial charge in [-0.1, -0.05) is 30.3 Å². The van der Waals surface area contributed by atoms with Crippen molar-refractivity contribution in [2.45, 2.75) is 38.4 Å². The number of hydrogen-bond acceptors (Lipinski definition) is 3. The molecule has 1 aromatic carbocycles. The predicted octanol–water partition coefficient (Wildman–Crippen LogP) is 1.93. The zero-order chi connectivity index (χ0) is 13.9. The van der Waals surface area contributed by atoms with Crippen molar-refractivity contribution in [3.63, 3.8) is 0 Å². The summed E-state index contributed by atoms with van der Waals surface area (Å²) >= 11 is 0. The van der Waals surface area contributed by atoms with Crippen molar-refractivity contribution in [1.82, 2.24) is 9.80 Å². The lowest BCUT2D eigenvalue weighted by atomic mass is 9.96. The summed E-state index contributed by atoms with van der Waals surface area (Å²) in [7, 11) is 2.21. The number of likely N-dealkylation sites (N-methyl/N-ethyl adjacent to an activating group) is 1. The summed E-state index contributed by atoms with van der Waals surface area (Å²) in [4.78, 5) is 4.99. The van der Waals surface area contributed by atoms with Crippen molar-refractivity contribution >= 4 is 0 Å². The van der Waals surface area contributed by atoms with Crippen LogP contribution in [0.4, 0.5) is 0 Å². The van der Waals surface area contributed by atoms with E-state index in [0.717, 1.165) is 26.2 Å². The highest BCUT2D eigenvalue weighted by Gasteiger charge is 2.40. The Morgan fingerprint density at radius 2 is 2.00 bits per heavy atom. The van der Waals surface area contributed by atoms with E-state index in [1.54, 1.807) is 0 Å². The quantitative estimate of drug-likeness (QED) is 0.879. The first-order valence-corrected chi connectivity index (χ1v) is 7.27. The van der Waals surface area contributed by atoms with Crippen LogP contribution in [0.25, 0.3) is 0 Å². The van der Waals surface area contributed by atoms with Crippen LogP contribution in [-0.4, -0.2) is 48.1 Å². The topological polar surface area (TPSA) is 32.5 Å². The van der Waals surface area contributed by atoms with Gasteiger partial charge in [-0.05, 0) is 32.9 Å². The monoisotopic (exact) mass is 261 g/mol. The molecule has 0 bridgehead atoms. The third-order valence-electron chi connectivity index (χ3n) is 4.54. The average molecular weight is 261 g/mol. The molecule has 1 heterocycles. The number of nitrogens with zero attached hydrogens (tertiary/aromatic N) is 2. The van der Waals surface area contributed by atoms with Gasteiger partial charge >= 0.3 is 0 Å². The van der Waals surface area contributed by atoms with E-state index < -0.39 is 0 Å². The molecule has 0 radical (unpaired) electrons. The second-order valence-corrected chi connectivity index (χ2v) is 6.08. The van der Waals surface area contributed by atoms with Crippen LogP contribution in [0.15, 0.2) is 30.3 Å². The Morgan fingerprint density at radius 3 is 2.53 bits per heavy atom. The Hall–Kier alpha value is -0.900. The molecule has 1 atom stereocenters. The summed E-state index contributed by atoms with van der Waals surface area (Å²) in [5.74, 6) is 0. The summed E-state index contributed by atoms with van der Waals surface area (Å²) in [5.41, 5.74) is 7.62. The second-order valence-electron chi connectivity index (χ2n) is 6.08. The fourth-order valence-corrected chi connectivity index (χ4v) is 2.99. The highest BCUT2D eigenvalue weighted by atomic mass is 15.3. The zero-order valence-electron chi connectivity index (χ0n) is 12.5. The van der Waals surface area contributed by atoms with Gasteiger partial charge in [0.05, 0.1) is 0 Å². The number of nitrogens with two attached hydrogens (primary N) is 1. The van der Waals surface area contributed by atoms with Gasteiger partial charge in [0, 0.05) is 37.8 Å². The first-order valence-electron chi connectivity index (χ1n) is 7.27. The molecule has 2 rings (SSSR count). The van der Waals surface area contributed by atoms with Crippen molar-refractivity contribution in [2.24, 2.45) is 5.73 Å². The molecule has 1 fully saturated rings. The van der Waals surface area contributed by atoms with Gasteiger partial charge in [-0.15, -0.1) is 0 Å². The number of hydrogen-bond donors (Lipinski definition) is 1. The SMILES string of the molecule is CC(C)N1CCC(CN)(N(C)Cc2ccccc2)C1. The van der Waals surface area contributed by atoms with Gasteiger partial charge in [0.15, 0.2) is 0 Å². The lowest BCUT2D eigenvalue weighted by Gasteiger charge is -2.38. The van der Waals surface area contributed by atoms with Crippen molar-refractivity contribution in [3.05, 3.63) is 35.9 Å². The van der Waals surface area contributed by atoms with Crippen LogP contribution in [0, 0.1) is 0 Å². The van der Waals surface area contributed by atoms with E-state index in [4.69, 9.17) is 5.73 Å². The van der Waals surface area contributed by atoms with Gasteiger partial charge in [0.25, 0.3) is 0 Å². The van der Waals surface area contributed by atoms with E-state index >= 15 is 0 Å². The molecule has 1 unspecified atom stereocenters. The van der Waals surface area contributed by atoms with E-state index in [2.05, 4.69) is 61.0 Å². The minimum Gasteiger partial charge on any atom is -0.329 e. The lowest BCUT2D eigenvalue weighted by Crippen LogP contribution is -2.54. The molecular formula is C16H27N3. The number of likely N-dealkylation sites (tertiary alicyclic amines) is 1. The molecule has 0 spiro atoms. The highest BCUT2D eigenvalue weighted by Crippen LogP contribution is 2.28. The van der Waals surface area contributed by atoms with Crippen molar-refractivity contribution in [3.8, 4) is 0 Å². The van der Waals surface area contributed by atoms with Crippen LogP contribution in [-0.2, 0) is 6.54 Å². The fourth-order valence-electron chi connectivity index (χ4n) is 2.99. The minimum atomic E-state index is 0.139. The standard InChI is InChI=1S/C16H27N3/c1-14(2)19-10-9-16(12-17,13-19)18(3)11-15-7-5-4-6-8-15/h4-8,14H,9-13,17H2,1-3H3. The number of rotatable bonds is 5. The maximum Gasteiger partial charge on any atom is 0.0471 e. The smallest absolute Gasteiger partial charge is 0.0471 e. The van der Waals surface area contributed by atoms with Crippen LogP contribution in [0.1, 0.15) is 25.8 Å². The highest BCUT2D eigenvalue weighted by molar-refractivity contribution is 5.15. The van der Waals surface area contributed by atoms with Gasteiger partial charge in [-0.3, -0.25) is 9.80 Å². The summed E-state index contributed by atoms with van der Waals surface area (Å²) in [5, 5.41) is 0. The van der Waals surface area contributed by atoms with Crippen molar-refractivity contribution in [1.29, 1.82) is 0 Å². The van der Waals surface area contributed by atoms with Crippen molar-refractivity contribution < 1.29 is 0 Å². The molecule has 106 valence electrons. The number of benzene rings is 1. The first-order chi connectivity index (χ1) is 9.07. The molecule has 2 N–H and O–H groups in total. The van der Waals surface area contributed by atoms with Crippen LogP contribution in [0.3, 0.4) is 0 Å². The Morgan fingerprint density at radius 1 is 1.32 bits per heavy atom. The van der Waals surface area contributed by atoms with Gasteiger partial charge < -0.3 is 5.73 Å². The zero-order valence-corrected chi connectivity index (χ0v) is 12.5. The maximum atomic E-state index is 6.12. The third-order valence-corrected chi connectivity index (χ3v) is 4.54. The van der Waals surface area contributed by atoms with Gasteiger partial charge in [0.2, 0.25) is 0 Å². The summed E-state index contributed by atoms with van der Waals surface area (Å²) in [6, 6.07) is 11.3. The summed E-state index contributed by atoms with van der Waals surface area (Å²) in [6.45, 7) is 8.50. The summed E-state index contributed by atoms with van der Waals surface area (Å²) < 4.78 is 0. The van der Waals surface area contributed by atoms with Crippen LogP contribution in [0.5, 0.6) is 0 Å². The molecule has 0 aliphatic carbocycles. The predicted molar refractivity (Wildman–Crippen MR) is 81.0 cm³/mol. The Balaban J connectivity index is 2.05. The minimum absolute atomic E-state index is 0.139. The molecule has 0 aromatic heterocycles. The summed E-state index contributed by atoms with van der Waals surface area (Å²) in [6.07, 6.45) is 1.17. The van der Waals surface area contributed by atoms with Gasteiger partial charge in [-0.25, -0.2) is 0 Å². The van der Waals surface area contributed by atoms with E-state index in [1.165, 1.54) is 12.0 Å². The molecule has 1 aliphatic heterocycles. The molecular weight excluding hydrogens is 234 g/mol. The average Bonchev–Trinajstić information content (AvgIpc) is 2.86. The largest absolute Gasteiger partial charge is 0.329 e. The van der Waals surface area contributed by atoms with Gasteiger partial charge in [0.1, 0.15) is 0 Å². The molecule has 3 heteroatoms. The lowest BCUT2D eigenvalue weighted by molar-refractivity contribution is 0.116. The van der Waals surface area contributed by atoms with Crippen LogP contribution in [0.2, 0.25) is 0 Å².